The molecule has 1 heterocycles. The van der Waals surface area contributed by atoms with Crippen LogP contribution in [0.25, 0.3) is 0 Å². The second kappa shape index (κ2) is 6.35. The fourth-order valence-electron chi connectivity index (χ4n) is 1.15. The quantitative estimate of drug-likeness (QED) is 0.773. The average Bonchev–Trinajstić information content (AvgIpc) is 2.20. The van der Waals surface area contributed by atoms with Crippen molar-refractivity contribution >= 4 is 0 Å². The van der Waals surface area contributed by atoms with Crippen LogP contribution in [0.3, 0.4) is 0 Å². The van der Waals surface area contributed by atoms with Gasteiger partial charge in [0.15, 0.2) is 0 Å². The number of aromatic nitrogens is 2. The van der Waals surface area contributed by atoms with E-state index < -0.39 is 0 Å². The molecule has 0 bridgehead atoms. The van der Waals surface area contributed by atoms with Gasteiger partial charge in [-0.2, -0.15) is 0 Å². The number of nitrogens with one attached hydrogen (secondary N) is 1. The molecule has 15 heavy (non-hydrogen) atoms. The lowest BCUT2D eigenvalue weighted by Gasteiger charge is -2.07. The molecule has 0 atom stereocenters. The SMILES string of the molecule is CCOc1cnc(CNCC(C)C)cn1. The summed E-state index contributed by atoms with van der Waals surface area (Å²) in [6.07, 6.45) is 3.41. The van der Waals surface area contributed by atoms with Gasteiger partial charge in [0.1, 0.15) is 0 Å². The summed E-state index contributed by atoms with van der Waals surface area (Å²) in [4.78, 5) is 8.39. The van der Waals surface area contributed by atoms with Crippen molar-refractivity contribution in [1.82, 2.24) is 15.3 Å². The van der Waals surface area contributed by atoms with E-state index in [1.807, 2.05) is 6.92 Å². The largest absolute Gasteiger partial charge is 0.477 e. The van der Waals surface area contributed by atoms with E-state index in [0.29, 0.717) is 18.4 Å². The average molecular weight is 209 g/mol. The first-order valence-corrected chi connectivity index (χ1v) is 5.36. The third-order valence-electron chi connectivity index (χ3n) is 1.83. The zero-order chi connectivity index (χ0) is 11.1. The first kappa shape index (κ1) is 11.9. The molecule has 0 aromatic carbocycles. The third-order valence-corrected chi connectivity index (χ3v) is 1.83. The van der Waals surface area contributed by atoms with Crippen molar-refractivity contribution in [3.63, 3.8) is 0 Å². The van der Waals surface area contributed by atoms with Crippen LogP contribution in [0.4, 0.5) is 0 Å². The Kier molecular flexibility index (Phi) is 5.04. The molecule has 4 heteroatoms. The predicted octanol–water partition coefficient (Wildman–Crippen LogP) is 1.62. The topological polar surface area (TPSA) is 47.0 Å². The Labute approximate surface area is 91.1 Å². The lowest BCUT2D eigenvalue weighted by atomic mass is 10.2. The van der Waals surface area contributed by atoms with Gasteiger partial charge in [-0.05, 0) is 19.4 Å². The van der Waals surface area contributed by atoms with Crippen LogP contribution in [0.2, 0.25) is 0 Å². The van der Waals surface area contributed by atoms with Crippen molar-refractivity contribution in [2.24, 2.45) is 5.92 Å². The van der Waals surface area contributed by atoms with Crippen molar-refractivity contribution in [2.45, 2.75) is 27.3 Å². The molecule has 1 aromatic heterocycles. The Hall–Kier alpha value is -1.16. The number of rotatable bonds is 6. The zero-order valence-electron chi connectivity index (χ0n) is 9.66. The van der Waals surface area contributed by atoms with Gasteiger partial charge in [-0.25, -0.2) is 4.98 Å². The summed E-state index contributed by atoms with van der Waals surface area (Å²) in [5, 5.41) is 3.31. The van der Waals surface area contributed by atoms with Crippen LogP contribution in [-0.4, -0.2) is 23.1 Å². The van der Waals surface area contributed by atoms with E-state index in [-0.39, 0.29) is 0 Å². The summed E-state index contributed by atoms with van der Waals surface area (Å²) < 4.78 is 5.21. The van der Waals surface area contributed by atoms with E-state index in [9.17, 15) is 0 Å². The molecule has 0 spiro atoms. The van der Waals surface area contributed by atoms with Gasteiger partial charge in [0.05, 0.1) is 24.7 Å². The molecule has 1 aromatic rings. The highest BCUT2D eigenvalue weighted by atomic mass is 16.5. The van der Waals surface area contributed by atoms with Gasteiger partial charge in [-0.3, -0.25) is 4.98 Å². The normalized spacial score (nSPS) is 10.7. The van der Waals surface area contributed by atoms with Crippen molar-refractivity contribution in [3.8, 4) is 5.88 Å². The maximum atomic E-state index is 5.21. The van der Waals surface area contributed by atoms with Crippen LogP contribution < -0.4 is 10.1 Å². The number of hydrogen-bond acceptors (Lipinski definition) is 4. The van der Waals surface area contributed by atoms with Crippen molar-refractivity contribution in [1.29, 1.82) is 0 Å². The first-order chi connectivity index (χ1) is 7.22. The second-order valence-corrected chi connectivity index (χ2v) is 3.80. The van der Waals surface area contributed by atoms with E-state index in [4.69, 9.17) is 4.74 Å². The number of nitrogens with zero attached hydrogens (tertiary/aromatic N) is 2. The maximum absolute atomic E-state index is 5.21. The molecule has 0 fully saturated rings. The Balaban J connectivity index is 2.36. The Morgan fingerprint density at radius 3 is 2.67 bits per heavy atom. The van der Waals surface area contributed by atoms with E-state index in [0.717, 1.165) is 18.8 Å². The monoisotopic (exact) mass is 209 g/mol. The molecule has 0 unspecified atom stereocenters. The molecule has 1 N–H and O–H groups in total. The van der Waals surface area contributed by atoms with Crippen LogP contribution in [-0.2, 0) is 6.54 Å². The van der Waals surface area contributed by atoms with Crippen molar-refractivity contribution in [2.75, 3.05) is 13.2 Å². The van der Waals surface area contributed by atoms with Gasteiger partial charge in [-0.15, -0.1) is 0 Å². The fourth-order valence-corrected chi connectivity index (χ4v) is 1.15. The molecule has 0 amide bonds. The van der Waals surface area contributed by atoms with Crippen LogP contribution in [0.1, 0.15) is 26.5 Å². The first-order valence-electron chi connectivity index (χ1n) is 5.36. The van der Waals surface area contributed by atoms with Gasteiger partial charge >= 0.3 is 0 Å². The standard InChI is InChI=1S/C11H19N3O/c1-4-15-11-8-13-10(7-14-11)6-12-5-9(2)3/h7-9,12H,4-6H2,1-3H3. The zero-order valence-corrected chi connectivity index (χ0v) is 9.66. The fraction of sp³-hybridized carbons (Fsp3) is 0.636. The lowest BCUT2D eigenvalue weighted by molar-refractivity contribution is 0.324. The molecule has 0 aliphatic carbocycles. The minimum absolute atomic E-state index is 0.588. The van der Waals surface area contributed by atoms with Gasteiger partial charge in [0, 0.05) is 6.54 Å². The van der Waals surface area contributed by atoms with Gasteiger partial charge in [-0.1, -0.05) is 13.8 Å². The summed E-state index contributed by atoms with van der Waals surface area (Å²) in [7, 11) is 0. The summed E-state index contributed by atoms with van der Waals surface area (Å²) in [5.41, 5.74) is 0.944. The van der Waals surface area contributed by atoms with Crippen molar-refractivity contribution in [3.05, 3.63) is 18.1 Å². The second-order valence-electron chi connectivity index (χ2n) is 3.80. The summed E-state index contributed by atoms with van der Waals surface area (Å²) >= 11 is 0. The lowest BCUT2D eigenvalue weighted by Crippen LogP contribution is -2.19. The van der Waals surface area contributed by atoms with E-state index in [2.05, 4.69) is 29.1 Å². The van der Waals surface area contributed by atoms with E-state index >= 15 is 0 Å². The van der Waals surface area contributed by atoms with E-state index in [1.54, 1.807) is 12.4 Å². The van der Waals surface area contributed by atoms with Crippen LogP contribution in [0, 0.1) is 5.92 Å². The Morgan fingerprint density at radius 1 is 1.33 bits per heavy atom. The molecule has 0 saturated carbocycles. The molecule has 0 saturated heterocycles. The maximum Gasteiger partial charge on any atom is 0.232 e. The predicted molar refractivity (Wildman–Crippen MR) is 59.7 cm³/mol. The molecular formula is C11H19N3O. The molecule has 0 aliphatic rings. The van der Waals surface area contributed by atoms with Crippen LogP contribution >= 0.6 is 0 Å². The summed E-state index contributed by atoms with van der Waals surface area (Å²) in [5.74, 6) is 1.24. The molecule has 4 nitrogen and oxygen atoms in total. The van der Waals surface area contributed by atoms with Crippen LogP contribution in [0.5, 0.6) is 5.88 Å². The molecular weight excluding hydrogens is 190 g/mol. The Morgan fingerprint density at radius 2 is 2.13 bits per heavy atom. The van der Waals surface area contributed by atoms with Gasteiger partial charge in [0.2, 0.25) is 5.88 Å². The van der Waals surface area contributed by atoms with E-state index in [1.165, 1.54) is 0 Å². The Bertz CT molecular complexity index is 272. The minimum atomic E-state index is 0.588. The molecule has 0 radical (unpaired) electrons. The highest BCUT2D eigenvalue weighted by Crippen LogP contribution is 2.03. The number of hydrogen-bond donors (Lipinski definition) is 1. The molecule has 1 rings (SSSR count). The highest BCUT2D eigenvalue weighted by molar-refractivity contribution is 5.06. The minimum Gasteiger partial charge on any atom is -0.477 e. The van der Waals surface area contributed by atoms with Crippen molar-refractivity contribution < 1.29 is 4.74 Å². The summed E-state index contributed by atoms with van der Waals surface area (Å²) in [6, 6.07) is 0. The third kappa shape index (κ3) is 4.74. The van der Waals surface area contributed by atoms with Gasteiger partial charge < -0.3 is 10.1 Å². The molecule has 84 valence electrons. The smallest absolute Gasteiger partial charge is 0.232 e. The number of ether oxygens (including phenoxy) is 1. The van der Waals surface area contributed by atoms with Crippen LogP contribution in [0.15, 0.2) is 12.4 Å². The molecule has 0 aliphatic heterocycles. The highest BCUT2D eigenvalue weighted by Gasteiger charge is 1.98. The van der Waals surface area contributed by atoms with Gasteiger partial charge in [0.25, 0.3) is 0 Å². The summed E-state index contributed by atoms with van der Waals surface area (Å²) in [6.45, 7) is 8.67.